The van der Waals surface area contributed by atoms with Crippen LogP contribution in [-0.4, -0.2) is 36.0 Å². The van der Waals surface area contributed by atoms with Gasteiger partial charge in [0.2, 0.25) is 0 Å². The van der Waals surface area contributed by atoms with E-state index < -0.39 is 10.2 Å². The lowest BCUT2D eigenvalue weighted by atomic mass is 10.2. The molecule has 1 aliphatic rings. The number of hydrogen-bond acceptors (Lipinski definition) is 4. The third kappa shape index (κ3) is 2.91. The van der Waals surface area contributed by atoms with Gasteiger partial charge >= 0.3 is 10.2 Å². The molecule has 0 unspecified atom stereocenters. The fraction of sp³-hybridized carbons (Fsp3) is 0.385. The number of H-pyrrole nitrogens is 1. The molecule has 21 heavy (non-hydrogen) atoms. The van der Waals surface area contributed by atoms with Crippen molar-refractivity contribution in [3.63, 3.8) is 0 Å². The van der Waals surface area contributed by atoms with Gasteiger partial charge in [-0.25, -0.2) is 5.10 Å². The highest BCUT2D eigenvalue weighted by Gasteiger charge is 2.23. The molecule has 1 saturated heterocycles. The van der Waals surface area contributed by atoms with Gasteiger partial charge in [-0.15, -0.1) is 0 Å². The summed E-state index contributed by atoms with van der Waals surface area (Å²) in [4.78, 5) is 11.7. The molecule has 1 aromatic carbocycles. The normalized spacial score (nSPS) is 17.0. The summed E-state index contributed by atoms with van der Waals surface area (Å²) in [5.41, 5.74) is 0.0382. The van der Waals surface area contributed by atoms with Crippen molar-refractivity contribution in [2.45, 2.75) is 19.3 Å². The molecule has 112 valence electrons. The number of aromatic amines is 1. The highest BCUT2D eigenvalue weighted by Crippen LogP contribution is 2.19. The number of benzene rings is 1. The van der Waals surface area contributed by atoms with Gasteiger partial charge < -0.3 is 0 Å². The van der Waals surface area contributed by atoms with Crippen LogP contribution < -0.4 is 10.3 Å². The van der Waals surface area contributed by atoms with Crippen molar-refractivity contribution in [1.29, 1.82) is 0 Å². The number of nitrogens with zero attached hydrogens (tertiary/aromatic N) is 2. The molecule has 0 atom stereocenters. The van der Waals surface area contributed by atoms with Crippen LogP contribution in [0.25, 0.3) is 10.8 Å². The van der Waals surface area contributed by atoms with Crippen LogP contribution in [0.5, 0.6) is 0 Å². The Morgan fingerprint density at radius 3 is 2.71 bits per heavy atom. The molecule has 0 radical (unpaired) electrons. The lowest BCUT2D eigenvalue weighted by molar-refractivity contribution is 0.349. The molecule has 0 saturated carbocycles. The first-order valence-corrected chi connectivity index (χ1v) is 8.26. The lowest BCUT2D eigenvalue weighted by Crippen LogP contribution is -2.39. The molecule has 0 aliphatic carbocycles. The van der Waals surface area contributed by atoms with Crippen molar-refractivity contribution in [3.8, 4) is 0 Å². The topological polar surface area (TPSA) is 95.2 Å². The predicted molar refractivity (Wildman–Crippen MR) is 80.3 cm³/mol. The Morgan fingerprint density at radius 1 is 1.19 bits per heavy atom. The summed E-state index contributed by atoms with van der Waals surface area (Å²) in [6.45, 7) is 1.07. The standard InChI is InChI=1S/C13H16N4O3S/c18-13-12-8-11(5-4-10(12)9-14-15-13)16-21(19,20)17-6-2-1-3-7-17/h4-5,8-9,16H,1-3,6-7H2,(H,15,18). The summed E-state index contributed by atoms with van der Waals surface area (Å²) in [6.07, 6.45) is 4.35. The van der Waals surface area contributed by atoms with E-state index in [4.69, 9.17) is 0 Å². The van der Waals surface area contributed by atoms with Crippen molar-refractivity contribution in [3.05, 3.63) is 34.7 Å². The maximum absolute atomic E-state index is 12.3. The third-order valence-corrected chi connectivity index (χ3v) is 5.11. The molecular formula is C13H16N4O3S. The number of piperidine rings is 1. The first-order chi connectivity index (χ1) is 10.1. The zero-order chi connectivity index (χ0) is 14.9. The van der Waals surface area contributed by atoms with Gasteiger partial charge in [-0.1, -0.05) is 12.5 Å². The number of hydrogen-bond donors (Lipinski definition) is 2. The first kappa shape index (κ1) is 14.0. The van der Waals surface area contributed by atoms with Gasteiger partial charge in [0.1, 0.15) is 0 Å². The van der Waals surface area contributed by atoms with E-state index in [1.807, 2.05) is 0 Å². The monoisotopic (exact) mass is 308 g/mol. The summed E-state index contributed by atoms with van der Waals surface area (Å²) in [7, 11) is -3.56. The molecule has 2 heterocycles. The van der Waals surface area contributed by atoms with Crippen LogP contribution >= 0.6 is 0 Å². The van der Waals surface area contributed by atoms with E-state index in [9.17, 15) is 13.2 Å². The van der Waals surface area contributed by atoms with Crippen LogP contribution in [0.1, 0.15) is 19.3 Å². The van der Waals surface area contributed by atoms with Crippen LogP contribution in [0, 0.1) is 0 Å². The Morgan fingerprint density at radius 2 is 1.95 bits per heavy atom. The van der Waals surface area contributed by atoms with Crippen LogP contribution in [0.3, 0.4) is 0 Å². The SMILES string of the molecule is O=c1[nH]ncc2ccc(NS(=O)(=O)N3CCCCC3)cc12. The molecule has 3 rings (SSSR count). The van der Waals surface area contributed by atoms with E-state index in [1.165, 1.54) is 16.6 Å². The molecule has 2 aromatic rings. The Bertz CT molecular complexity index is 810. The zero-order valence-electron chi connectivity index (χ0n) is 11.4. The summed E-state index contributed by atoms with van der Waals surface area (Å²) in [6, 6.07) is 4.83. The van der Waals surface area contributed by atoms with Crippen LogP contribution in [0.15, 0.2) is 29.2 Å². The molecule has 0 bridgehead atoms. The minimum absolute atomic E-state index is 0.341. The summed E-state index contributed by atoms with van der Waals surface area (Å²) in [5.74, 6) is 0. The average molecular weight is 308 g/mol. The quantitative estimate of drug-likeness (QED) is 0.886. The highest BCUT2D eigenvalue weighted by atomic mass is 32.2. The Balaban J connectivity index is 1.90. The third-order valence-electron chi connectivity index (χ3n) is 3.57. The van der Waals surface area contributed by atoms with E-state index in [1.54, 1.807) is 12.1 Å². The van der Waals surface area contributed by atoms with Gasteiger partial charge in [-0.05, 0) is 25.0 Å². The molecule has 2 N–H and O–H groups in total. The van der Waals surface area contributed by atoms with Crippen molar-refractivity contribution < 1.29 is 8.42 Å². The van der Waals surface area contributed by atoms with Crippen LogP contribution in [-0.2, 0) is 10.2 Å². The summed E-state index contributed by atoms with van der Waals surface area (Å²) < 4.78 is 28.6. The fourth-order valence-electron chi connectivity index (χ4n) is 2.47. The van der Waals surface area contributed by atoms with Crippen molar-refractivity contribution >= 4 is 26.7 Å². The zero-order valence-corrected chi connectivity index (χ0v) is 12.2. The van der Waals surface area contributed by atoms with Crippen LogP contribution in [0.2, 0.25) is 0 Å². The first-order valence-electron chi connectivity index (χ1n) is 6.82. The summed E-state index contributed by atoms with van der Waals surface area (Å²) in [5, 5.41) is 7.11. The molecule has 0 amide bonds. The van der Waals surface area contributed by atoms with Gasteiger partial charge in [0.15, 0.2) is 0 Å². The smallest absolute Gasteiger partial charge is 0.271 e. The number of aromatic nitrogens is 2. The van der Waals surface area contributed by atoms with E-state index in [-0.39, 0.29) is 5.56 Å². The minimum atomic E-state index is -3.56. The molecule has 1 aliphatic heterocycles. The number of nitrogens with one attached hydrogen (secondary N) is 2. The van der Waals surface area contributed by atoms with E-state index in [0.29, 0.717) is 29.5 Å². The molecule has 7 nitrogen and oxygen atoms in total. The van der Waals surface area contributed by atoms with E-state index in [2.05, 4.69) is 14.9 Å². The largest absolute Gasteiger partial charge is 0.301 e. The highest BCUT2D eigenvalue weighted by molar-refractivity contribution is 7.90. The lowest BCUT2D eigenvalue weighted by Gasteiger charge is -2.26. The second-order valence-electron chi connectivity index (χ2n) is 5.07. The van der Waals surface area contributed by atoms with Crippen molar-refractivity contribution in [2.24, 2.45) is 0 Å². The van der Waals surface area contributed by atoms with Gasteiger partial charge in [-0.2, -0.15) is 17.8 Å². The molecule has 1 aromatic heterocycles. The number of anilines is 1. The van der Waals surface area contributed by atoms with Crippen molar-refractivity contribution in [1.82, 2.24) is 14.5 Å². The summed E-state index contributed by atoms with van der Waals surface area (Å²) >= 11 is 0. The maximum atomic E-state index is 12.3. The average Bonchev–Trinajstić information content (AvgIpc) is 2.49. The second kappa shape index (κ2) is 5.45. The maximum Gasteiger partial charge on any atom is 0.301 e. The predicted octanol–water partition coefficient (Wildman–Crippen LogP) is 1.07. The van der Waals surface area contributed by atoms with E-state index >= 15 is 0 Å². The fourth-order valence-corrected chi connectivity index (χ4v) is 3.76. The van der Waals surface area contributed by atoms with Crippen molar-refractivity contribution in [2.75, 3.05) is 17.8 Å². The van der Waals surface area contributed by atoms with Gasteiger partial charge in [-0.3, -0.25) is 9.52 Å². The second-order valence-corrected chi connectivity index (χ2v) is 6.74. The van der Waals surface area contributed by atoms with E-state index in [0.717, 1.165) is 19.3 Å². The Kier molecular flexibility index (Phi) is 3.64. The molecular weight excluding hydrogens is 292 g/mol. The molecule has 0 spiro atoms. The van der Waals surface area contributed by atoms with Gasteiger partial charge in [0.05, 0.1) is 17.3 Å². The minimum Gasteiger partial charge on any atom is -0.271 e. The number of rotatable bonds is 3. The Labute approximate surface area is 122 Å². The molecule has 8 heteroatoms. The van der Waals surface area contributed by atoms with Gasteiger partial charge in [0.25, 0.3) is 5.56 Å². The Hall–Kier alpha value is -1.93. The van der Waals surface area contributed by atoms with Crippen LogP contribution in [0.4, 0.5) is 5.69 Å². The molecule has 1 fully saturated rings. The number of fused-ring (bicyclic) bond motifs is 1. The van der Waals surface area contributed by atoms with Gasteiger partial charge in [0, 0.05) is 18.5 Å².